The quantitative estimate of drug-likeness (QED) is 0.549. The number of aryl methyl sites for hydroxylation is 1. The van der Waals surface area contributed by atoms with E-state index in [1.807, 2.05) is 6.92 Å². The van der Waals surface area contributed by atoms with Crippen molar-refractivity contribution in [3.8, 4) is 5.69 Å². The number of aromatic nitrogens is 3. The number of para-hydroxylation sites is 1. The van der Waals surface area contributed by atoms with Gasteiger partial charge in [0.2, 0.25) is 5.82 Å². The van der Waals surface area contributed by atoms with Gasteiger partial charge in [0.1, 0.15) is 11.5 Å². The van der Waals surface area contributed by atoms with E-state index in [4.69, 9.17) is 23.2 Å². The molecule has 0 atom stereocenters. The van der Waals surface area contributed by atoms with E-state index in [0.29, 0.717) is 28.0 Å². The molecule has 29 heavy (non-hydrogen) atoms. The molecule has 0 radical (unpaired) electrons. The molecular weight excluding hydrogens is 430 g/mol. The SMILES string of the molecule is CCc1nc(C(=O)NNc2cccc(C(F)(F)F)c2)nn1-c1c(Cl)cccc1Cl. The minimum atomic E-state index is -4.49. The molecule has 2 N–H and O–H groups in total. The number of carbonyl (C=O) groups excluding carboxylic acids is 1. The topological polar surface area (TPSA) is 71.8 Å². The Kier molecular flexibility index (Phi) is 5.99. The van der Waals surface area contributed by atoms with E-state index in [-0.39, 0.29) is 11.5 Å². The summed E-state index contributed by atoms with van der Waals surface area (Å²) in [6.07, 6.45) is -4.06. The first kappa shape index (κ1) is 20.9. The fraction of sp³-hybridized carbons (Fsp3) is 0.167. The molecular formula is C18H14Cl2F3N5O. The molecule has 1 aromatic heterocycles. The van der Waals surface area contributed by atoms with Gasteiger partial charge in [0.05, 0.1) is 21.3 Å². The van der Waals surface area contributed by atoms with Crippen molar-refractivity contribution in [3.63, 3.8) is 0 Å². The summed E-state index contributed by atoms with van der Waals surface area (Å²) in [6.45, 7) is 1.81. The molecule has 1 heterocycles. The number of halogens is 5. The van der Waals surface area contributed by atoms with E-state index in [0.717, 1.165) is 12.1 Å². The van der Waals surface area contributed by atoms with Crippen LogP contribution in [-0.2, 0) is 12.6 Å². The van der Waals surface area contributed by atoms with Gasteiger partial charge in [-0.1, -0.05) is 42.3 Å². The van der Waals surface area contributed by atoms with Gasteiger partial charge in [-0.3, -0.25) is 15.6 Å². The highest BCUT2D eigenvalue weighted by atomic mass is 35.5. The highest BCUT2D eigenvalue weighted by Gasteiger charge is 2.30. The maximum atomic E-state index is 12.8. The van der Waals surface area contributed by atoms with Crippen LogP contribution in [0.2, 0.25) is 10.0 Å². The van der Waals surface area contributed by atoms with Crippen molar-refractivity contribution in [3.05, 3.63) is 69.7 Å². The van der Waals surface area contributed by atoms with Gasteiger partial charge in [0.15, 0.2) is 0 Å². The predicted octanol–water partition coefficient (Wildman–Crippen LogP) is 4.91. The first-order valence-corrected chi connectivity index (χ1v) is 9.10. The molecule has 11 heteroatoms. The van der Waals surface area contributed by atoms with E-state index in [2.05, 4.69) is 20.9 Å². The van der Waals surface area contributed by atoms with Gasteiger partial charge in [-0.05, 0) is 30.3 Å². The number of hydrazine groups is 1. The first-order valence-electron chi connectivity index (χ1n) is 8.34. The number of nitrogens with zero attached hydrogens (tertiary/aromatic N) is 3. The van der Waals surface area contributed by atoms with Gasteiger partial charge < -0.3 is 0 Å². The Morgan fingerprint density at radius 2 is 1.79 bits per heavy atom. The van der Waals surface area contributed by atoms with Crippen LogP contribution >= 0.6 is 23.2 Å². The number of rotatable bonds is 5. The lowest BCUT2D eigenvalue weighted by atomic mass is 10.2. The molecule has 0 spiro atoms. The lowest BCUT2D eigenvalue weighted by molar-refractivity contribution is -0.137. The molecule has 0 aliphatic carbocycles. The molecule has 3 rings (SSSR count). The molecule has 0 aliphatic heterocycles. The van der Waals surface area contributed by atoms with Gasteiger partial charge in [-0.2, -0.15) is 13.2 Å². The van der Waals surface area contributed by atoms with Crippen molar-refractivity contribution >= 4 is 34.8 Å². The molecule has 0 unspecified atom stereocenters. The Balaban J connectivity index is 1.82. The number of hydrogen-bond acceptors (Lipinski definition) is 4. The Labute approximate surface area is 173 Å². The summed E-state index contributed by atoms with van der Waals surface area (Å²) in [6, 6.07) is 9.31. The highest BCUT2D eigenvalue weighted by molar-refractivity contribution is 6.37. The lowest BCUT2D eigenvalue weighted by Gasteiger charge is -2.10. The first-order chi connectivity index (χ1) is 13.7. The molecule has 0 saturated heterocycles. The second-order valence-electron chi connectivity index (χ2n) is 5.84. The number of alkyl halides is 3. The molecule has 2 aromatic carbocycles. The average Bonchev–Trinajstić information content (AvgIpc) is 3.09. The number of amides is 1. The van der Waals surface area contributed by atoms with Crippen LogP contribution < -0.4 is 10.9 Å². The van der Waals surface area contributed by atoms with Gasteiger partial charge >= 0.3 is 12.1 Å². The van der Waals surface area contributed by atoms with E-state index in [1.165, 1.54) is 16.8 Å². The van der Waals surface area contributed by atoms with Crippen LogP contribution in [0.25, 0.3) is 5.69 Å². The van der Waals surface area contributed by atoms with Crippen molar-refractivity contribution in [1.29, 1.82) is 0 Å². The van der Waals surface area contributed by atoms with Crippen molar-refractivity contribution in [2.75, 3.05) is 5.43 Å². The molecule has 0 saturated carbocycles. The van der Waals surface area contributed by atoms with Crippen LogP contribution in [-0.4, -0.2) is 20.7 Å². The second kappa shape index (κ2) is 8.30. The molecule has 152 valence electrons. The van der Waals surface area contributed by atoms with Gasteiger partial charge in [-0.15, -0.1) is 5.10 Å². The largest absolute Gasteiger partial charge is 0.416 e. The van der Waals surface area contributed by atoms with Crippen molar-refractivity contribution in [2.24, 2.45) is 0 Å². The van der Waals surface area contributed by atoms with E-state index < -0.39 is 17.6 Å². The van der Waals surface area contributed by atoms with E-state index >= 15 is 0 Å². The summed E-state index contributed by atoms with van der Waals surface area (Å²) >= 11 is 12.4. The Hall–Kier alpha value is -2.78. The van der Waals surface area contributed by atoms with Gasteiger partial charge in [-0.25, -0.2) is 9.67 Å². The van der Waals surface area contributed by atoms with E-state index in [1.54, 1.807) is 18.2 Å². The third kappa shape index (κ3) is 4.63. The zero-order chi connectivity index (χ0) is 21.2. The zero-order valence-corrected chi connectivity index (χ0v) is 16.4. The maximum absolute atomic E-state index is 12.8. The third-order valence-corrected chi connectivity index (χ3v) is 4.46. The van der Waals surface area contributed by atoms with Crippen LogP contribution in [0.4, 0.5) is 18.9 Å². The summed E-state index contributed by atoms with van der Waals surface area (Å²) < 4.78 is 39.7. The number of benzene rings is 2. The Morgan fingerprint density at radius 3 is 2.41 bits per heavy atom. The van der Waals surface area contributed by atoms with Crippen LogP contribution in [0, 0.1) is 0 Å². The van der Waals surface area contributed by atoms with Crippen LogP contribution in [0.1, 0.15) is 28.9 Å². The lowest BCUT2D eigenvalue weighted by Crippen LogP contribution is -2.30. The molecule has 0 aliphatic rings. The van der Waals surface area contributed by atoms with E-state index in [9.17, 15) is 18.0 Å². The van der Waals surface area contributed by atoms with Crippen molar-refractivity contribution in [1.82, 2.24) is 20.2 Å². The second-order valence-corrected chi connectivity index (χ2v) is 6.66. The average molecular weight is 444 g/mol. The predicted molar refractivity (Wildman–Crippen MR) is 103 cm³/mol. The van der Waals surface area contributed by atoms with Crippen LogP contribution in [0.3, 0.4) is 0 Å². The Morgan fingerprint density at radius 1 is 1.14 bits per heavy atom. The minimum Gasteiger partial charge on any atom is -0.298 e. The fourth-order valence-electron chi connectivity index (χ4n) is 2.50. The monoisotopic (exact) mass is 443 g/mol. The standard InChI is InChI=1S/C18H14Cl2F3N5O/c1-2-14-24-16(27-28(14)15-12(19)7-4-8-13(15)20)17(29)26-25-11-6-3-5-10(9-11)18(21,22)23/h3-9,25H,2H2,1H3,(H,26,29). The molecule has 0 fully saturated rings. The number of anilines is 1. The normalized spacial score (nSPS) is 11.4. The van der Waals surface area contributed by atoms with Crippen LogP contribution in [0.5, 0.6) is 0 Å². The minimum absolute atomic E-state index is 0.0532. The molecule has 6 nitrogen and oxygen atoms in total. The highest BCUT2D eigenvalue weighted by Crippen LogP contribution is 2.31. The van der Waals surface area contributed by atoms with Gasteiger partial charge in [0.25, 0.3) is 0 Å². The number of carbonyl (C=O) groups is 1. The molecule has 3 aromatic rings. The zero-order valence-electron chi connectivity index (χ0n) is 14.9. The summed E-state index contributed by atoms with van der Waals surface area (Å²) in [4.78, 5) is 16.5. The van der Waals surface area contributed by atoms with Crippen molar-refractivity contribution < 1.29 is 18.0 Å². The number of hydrogen-bond donors (Lipinski definition) is 2. The molecule has 0 bridgehead atoms. The van der Waals surface area contributed by atoms with Crippen molar-refractivity contribution in [2.45, 2.75) is 19.5 Å². The summed E-state index contributed by atoms with van der Waals surface area (Å²) in [5.74, 6) is -0.499. The maximum Gasteiger partial charge on any atom is 0.416 e. The van der Waals surface area contributed by atoms with Crippen LogP contribution in [0.15, 0.2) is 42.5 Å². The summed E-state index contributed by atoms with van der Waals surface area (Å²) in [5, 5.41) is 4.80. The third-order valence-electron chi connectivity index (χ3n) is 3.85. The van der Waals surface area contributed by atoms with Gasteiger partial charge in [0, 0.05) is 6.42 Å². The molecule has 1 amide bonds. The number of nitrogens with one attached hydrogen (secondary N) is 2. The summed E-state index contributed by atoms with van der Waals surface area (Å²) in [5.41, 5.74) is 4.29. The smallest absolute Gasteiger partial charge is 0.298 e. The summed E-state index contributed by atoms with van der Waals surface area (Å²) in [7, 11) is 0. The fourth-order valence-corrected chi connectivity index (χ4v) is 3.06. The Bertz CT molecular complexity index is 1030.